The van der Waals surface area contributed by atoms with E-state index in [2.05, 4.69) is 4.90 Å². The van der Waals surface area contributed by atoms with Crippen LogP contribution in [0.1, 0.15) is 34.8 Å². The lowest BCUT2D eigenvalue weighted by molar-refractivity contribution is -0.0707. The summed E-state index contributed by atoms with van der Waals surface area (Å²) in [4.78, 5) is 17.4. The maximum Gasteiger partial charge on any atom is 0.258 e. The van der Waals surface area contributed by atoms with Gasteiger partial charge in [-0.2, -0.15) is 0 Å². The smallest absolute Gasteiger partial charge is 0.258 e. The number of phenolic OH excluding ortho intramolecular Hbond substituents is 1. The molecular weight excluding hydrogens is 359 g/mol. The van der Waals surface area contributed by atoms with Crippen LogP contribution in [0.4, 0.5) is 4.39 Å². The van der Waals surface area contributed by atoms with E-state index in [1.807, 2.05) is 30.3 Å². The van der Waals surface area contributed by atoms with Gasteiger partial charge in [0, 0.05) is 19.2 Å². The van der Waals surface area contributed by atoms with Crippen LogP contribution < -0.4 is 0 Å². The molecule has 6 heteroatoms. The molecule has 28 heavy (non-hydrogen) atoms. The number of hydrogen-bond donors (Lipinski definition) is 1. The molecule has 0 saturated carbocycles. The molecule has 148 valence electrons. The number of likely N-dealkylation sites (tertiary alicyclic amines) is 1. The van der Waals surface area contributed by atoms with Gasteiger partial charge in [0.25, 0.3) is 5.91 Å². The van der Waals surface area contributed by atoms with Crippen LogP contribution in [0.2, 0.25) is 0 Å². The zero-order chi connectivity index (χ0) is 19.5. The van der Waals surface area contributed by atoms with Crippen LogP contribution in [0.3, 0.4) is 0 Å². The molecule has 4 rings (SSSR count). The molecule has 0 unspecified atom stereocenters. The minimum atomic E-state index is -0.567. The average molecular weight is 384 g/mol. The van der Waals surface area contributed by atoms with E-state index in [0.717, 1.165) is 31.3 Å². The molecule has 0 radical (unpaired) electrons. The Labute approximate surface area is 164 Å². The first kappa shape index (κ1) is 18.9. The Bertz CT molecular complexity index is 824. The highest BCUT2D eigenvalue weighted by Crippen LogP contribution is 2.33. The van der Waals surface area contributed by atoms with Crippen LogP contribution >= 0.6 is 0 Å². The van der Waals surface area contributed by atoms with E-state index >= 15 is 0 Å². The van der Waals surface area contributed by atoms with Gasteiger partial charge >= 0.3 is 0 Å². The van der Waals surface area contributed by atoms with Gasteiger partial charge in [-0.25, -0.2) is 4.39 Å². The molecule has 0 spiro atoms. The van der Waals surface area contributed by atoms with Crippen molar-refractivity contribution in [3.8, 4) is 5.75 Å². The van der Waals surface area contributed by atoms with Crippen LogP contribution in [0.5, 0.6) is 5.75 Å². The van der Waals surface area contributed by atoms with Crippen LogP contribution in [0, 0.1) is 5.82 Å². The lowest BCUT2D eigenvalue weighted by Crippen LogP contribution is -2.51. The third-order valence-corrected chi connectivity index (χ3v) is 5.58. The summed E-state index contributed by atoms with van der Waals surface area (Å²) in [6.45, 7) is 3.72. The fourth-order valence-corrected chi connectivity index (χ4v) is 4.22. The maximum atomic E-state index is 13.4. The molecule has 1 amide bonds. The Morgan fingerprint density at radius 1 is 1.11 bits per heavy atom. The number of rotatable bonds is 4. The summed E-state index contributed by atoms with van der Waals surface area (Å²) in [6, 6.07) is 13.1. The zero-order valence-electron chi connectivity index (χ0n) is 15.8. The molecule has 0 bridgehead atoms. The van der Waals surface area contributed by atoms with Crippen molar-refractivity contribution >= 4 is 5.91 Å². The quantitative estimate of drug-likeness (QED) is 0.880. The number of aromatic hydroxyl groups is 1. The van der Waals surface area contributed by atoms with Gasteiger partial charge in [-0.05, 0) is 43.6 Å². The molecule has 1 N–H and O–H groups in total. The number of carbonyl (C=O) groups excluding carboxylic acids is 1. The third kappa shape index (κ3) is 3.88. The molecular formula is C22H25FN2O3. The van der Waals surface area contributed by atoms with Crippen LogP contribution in [0.15, 0.2) is 48.5 Å². The standard InChI is InChI=1S/C22H25FN2O3/c23-17-8-9-18(19(26)14-17)22(27)25-12-13-28-20(15-24-10-4-5-11-24)21(25)16-6-2-1-3-7-16/h1-3,6-9,14,20-21,26H,4-5,10-13,15H2/t20-,21-/m0/s1. The predicted octanol–water partition coefficient (Wildman–Crippen LogP) is 3.21. The van der Waals surface area contributed by atoms with Crippen molar-refractivity contribution in [1.29, 1.82) is 0 Å². The largest absolute Gasteiger partial charge is 0.507 e. The monoisotopic (exact) mass is 384 g/mol. The molecule has 2 heterocycles. The third-order valence-electron chi connectivity index (χ3n) is 5.58. The van der Waals surface area contributed by atoms with E-state index in [9.17, 15) is 14.3 Å². The lowest BCUT2D eigenvalue weighted by atomic mass is 9.96. The van der Waals surface area contributed by atoms with E-state index < -0.39 is 5.82 Å². The van der Waals surface area contributed by atoms with Gasteiger partial charge in [0.1, 0.15) is 11.6 Å². The highest BCUT2D eigenvalue weighted by Gasteiger charge is 2.38. The number of ether oxygens (including phenoxy) is 1. The van der Waals surface area contributed by atoms with Crippen molar-refractivity contribution in [2.75, 3.05) is 32.8 Å². The van der Waals surface area contributed by atoms with Gasteiger partial charge in [0.05, 0.1) is 24.3 Å². The summed E-state index contributed by atoms with van der Waals surface area (Å²) in [6.07, 6.45) is 2.23. The molecule has 0 aliphatic carbocycles. The predicted molar refractivity (Wildman–Crippen MR) is 104 cm³/mol. The summed E-state index contributed by atoms with van der Waals surface area (Å²) in [5.41, 5.74) is 1.12. The van der Waals surface area contributed by atoms with Crippen molar-refractivity contribution in [3.63, 3.8) is 0 Å². The summed E-state index contributed by atoms with van der Waals surface area (Å²) < 4.78 is 19.5. The molecule has 2 atom stereocenters. The number of phenols is 1. The Hall–Kier alpha value is -2.44. The van der Waals surface area contributed by atoms with Gasteiger partial charge in [-0.15, -0.1) is 0 Å². The van der Waals surface area contributed by atoms with Crippen molar-refractivity contribution in [2.45, 2.75) is 25.0 Å². The minimum Gasteiger partial charge on any atom is -0.507 e. The number of morpholine rings is 1. The van der Waals surface area contributed by atoms with Gasteiger partial charge in [-0.1, -0.05) is 30.3 Å². The van der Waals surface area contributed by atoms with Gasteiger partial charge < -0.3 is 19.6 Å². The van der Waals surface area contributed by atoms with E-state index in [1.165, 1.54) is 25.0 Å². The van der Waals surface area contributed by atoms with Crippen molar-refractivity contribution in [1.82, 2.24) is 9.80 Å². The molecule has 2 aromatic rings. The molecule has 5 nitrogen and oxygen atoms in total. The number of nitrogens with zero attached hydrogens (tertiary/aromatic N) is 2. The number of halogens is 1. The maximum absolute atomic E-state index is 13.4. The normalized spacial score (nSPS) is 23.1. The van der Waals surface area contributed by atoms with Gasteiger partial charge in [0.15, 0.2) is 0 Å². The summed E-state index contributed by atoms with van der Waals surface area (Å²) in [7, 11) is 0. The highest BCUT2D eigenvalue weighted by molar-refractivity contribution is 5.97. The second-order valence-corrected chi connectivity index (χ2v) is 7.43. The molecule has 2 aromatic carbocycles. The Morgan fingerprint density at radius 3 is 2.57 bits per heavy atom. The zero-order valence-corrected chi connectivity index (χ0v) is 15.8. The SMILES string of the molecule is O=C(c1ccc(F)cc1O)N1CCO[C@@H](CN2CCCC2)[C@@H]1c1ccccc1. The second-order valence-electron chi connectivity index (χ2n) is 7.43. The van der Waals surface area contributed by atoms with Gasteiger partial charge in [-0.3, -0.25) is 4.79 Å². The van der Waals surface area contributed by atoms with Crippen LogP contribution in [0.25, 0.3) is 0 Å². The number of benzene rings is 2. The molecule has 2 saturated heterocycles. The number of carbonyl (C=O) groups is 1. The topological polar surface area (TPSA) is 53.0 Å². The van der Waals surface area contributed by atoms with Crippen molar-refractivity contribution in [2.24, 2.45) is 0 Å². The highest BCUT2D eigenvalue weighted by atomic mass is 19.1. The fraction of sp³-hybridized carbons (Fsp3) is 0.409. The number of hydrogen-bond acceptors (Lipinski definition) is 4. The molecule has 2 aliphatic rings. The Kier molecular flexibility index (Phi) is 5.59. The van der Waals surface area contributed by atoms with E-state index in [1.54, 1.807) is 4.90 Å². The van der Waals surface area contributed by atoms with E-state index in [4.69, 9.17) is 4.74 Å². The summed E-state index contributed by atoms with van der Waals surface area (Å²) >= 11 is 0. The van der Waals surface area contributed by atoms with E-state index in [-0.39, 0.29) is 29.4 Å². The second kappa shape index (κ2) is 8.29. The summed E-state index contributed by atoms with van der Waals surface area (Å²) in [5.74, 6) is -1.21. The molecule has 0 aromatic heterocycles. The van der Waals surface area contributed by atoms with E-state index in [0.29, 0.717) is 13.2 Å². The molecule has 2 aliphatic heterocycles. The first-order valence-electron chi connectivity index (χ1n) is 9.82. The first-order chi connectivity index (χ1) is 13.6. The lowest BCUT2D eigenvalue weighted by Gasteiger charge is -2.42. The Balaban J connectivity index is 1.66. The van der Waals surface area contributed by atoms with Crippen molar-refractivity contribution < 1.29 is 19.0 Å². The van der Waals surface area contributed by atoms with Gasteiger partial charge in [0.2, 0.25) is 0 Å². The Morgan fingerprint density at radius 2 is 1.86 bits per heavy atom. The molecule has 2 fully saturated rings. The average Bonchev–Trinajstić information content (AvgIpc) is 3.21. The first-order valence-corrected chi connectivity index (χ1v) is 9.82. The fourth-order valence-electron chi connectivity index (χ4n) is 4.22. The summed E-state index contributed by atoms with van der Waals surface area (Å²) in [5, 5.41) is 10.1. The van der Waals surface area contributed by atoms with Crippen molar-refractivity contribution in [3.05, 3.63) is 65.5 Å². The minimum absolute atomic E-state index is 0.115. The van der Waals surface area contributed by atoms with Crippen LogP contribution in [-0.2, 0) is 4.74 Å². The van der Waals surface area contributed by atoms with Crippen LogP contribution in [-0.4, -0.2) is 59.7 Å². The number of amides is 1.